The van der Waals surface area contributed by atoms with Crippen LogP contribution in [0.5, 0.6) is 0 Å². The number of furan rings is 1. The van der Waals surface area contributed by atoms with E-state index in [1.807, 2.05) is 13.4 Å². The lowest BCUT2D eigenvalue weighted by atomic mass is 10.1. The Labute approximate surface area is 115 Å². The lowest BCUT2D eigenvalue weighted by Gasteiger charge is -2.31. The minimum absolute atomic E-state index is 0.389. The van der Waals surface area contributed by atoms with E-state index in [2.05, 4.69) is 16.3 Å². The molecule has 19 heavy (non-hydrogen) atoms. The maximum atomic E-state index is 5.67. The smallest absolute Gasteiger partial charge is 0.118 e. The van der Waals surface area contributed by atoms with E-state index in [1.165, 1.54) is 31.2 Å². The fourth-order valence-electron chi connectivity index (χ4n) is 2.72. The van der Waals surface area contributed by atoms with Gasteiger partial charge in [-0.05, 0) is 38.3 Å². The molecule has 0 amide bonds. The Hall–Kier alpha value is -0.840. The van der Waals surface area contributed by atoms with Crippen LogP contribution in [0.4, 0.5) is 0 Å². The predicted octanol–water partition coefficient (Wildman–Crippen LogP) is 2.14. The van der Waals surface area contributed by atoms with E-state index in [9.17, 15) is 0 Å². The molecule has 0 radical (unpaired) electrons. The predicted molar refractivity (Wildman–Crippen MR) is 73.9 cm³/mol. The summed E-state index contributed by atoms with van der Waals surface area (Å²) in [5.74, 6) is 1.07. The van der Waals surface area contributed by atoms with E-state index in [4.69, 9.17) is 9.15 Å². The molecule has 0 aromatic carbocycles. The molecule has 2 fully saturated rings. The largest absolute Gasteiger partial charge is 0.468 e. The second-order valence-corrected chi connectivity index (χ2v) is 5.81. The molecule has 1 N–H and O–H groups in total. The minimum atomic E-state index is 0.389. The van der Waals surface area contributed by atoms with Gasteiger partial charge < -0.3 is 14.5 Å². The van der Waals surface area contributed by atoms with E-state index < -0.39 is 0 Å². The van der Waals surface area contributed by atoms with Crippen molar-refractivity contribution in [1.29, 1.82) is 0 Å². The number of rotatable bonds is 6. The van der Waals surface area contributed by atoms with Crippen molar-refractivity contribution < 1.29 is 9.15 Å². The zero-order valence-corrected chi connectivity index (χ0v) is 11.7. The van der Waals surface area contributed by atoms with Crippen molar-refractivity contribution in [2.45, 2.75) is 50.9 Å². The Morgan fingerprint density at radius 1 is 1.42 bits per heavy atom. The topological polar surface area (TPSA) is 37.6 Å². The summed E-state index contributed by atoms with van der Waals surface area (Å²) in [5.41, 5.74) is 1.27. The lowest BCUT2D eigenvalue weighted by Crippen LogP contribution is -2.38. The standard InChI is InChI=1S/C15H24N2O2/c1-18-14-3-2-6-17(9-14)10-15-7-12(11-19-15)8-16-13-4-5-13/h7,11,13-14,16H,2-6,8-10H2,1H3. The number of methoxy groups -OCH3 is 1. The zero-order chi connectivity index (χ0) is 13.1. The Morgan fingerprint density at radius 3 is 3.11 bits per heavy atom. The van der Waals surface area contributed by atoms with Gasteiger partial charge in [-0.2, -0.15) is 0 Å². The van der Waals surface area contributed by atoms with Gasteiger partial charge in [0.1, 0.15) is 5.76 Å². The Kier molecular flexibility index (Phi) is 4.21. The highest BCUT2D eigenvalue weighted by atomic mass is 16.5. The van der Waals surface area contributed by atoms with Crippen LogP contribution < -0.4 is 5.32 Å². The number of hydrogen-bond acceptors (Lipinski definition) is 4. The van der Waals surface area contributed by atoms with Gasteiger partial charge in [-0.1, -0.05) is 0 Å². The summed E-state index contributed by atoms with van der Waals surface area (Å²) in [7, 11) is 1.81. The van der Waals surface area contributed by atoms with E-state index in [1.54, 1.807) is 0 Å². The minimum Gasteiger partial charge on any atom is -0.468 e. The molecule has 106 valence electrons. The van der Waals surface area contributed by atoms with Crippen molar-refractivity contribution in [3.63, 3.8) is 0 Å². The highest BCUT2D eigenvalue weighted by molar-refractivity contribution is 5.13. The van der Waals surface area contributed by atoms with Crippen molar-refractivity contribution in [2.75, 3.05) is 20.2 Å². The van der Waals surface area contributed by atoms with Crippen molar-refractivity contribution in [3.05, 3.63) is 23.7 Å². The molecule has 0 bridgehead atoms. The molecule has 1 atom stereocenters. The first-order valence-corrected chi connectivity index (χ1v) is 7.38. The van der Waals surface area contributed by atoms with Crippen LogP contribution >= 0.6 is 0 Å². The quantitative estimate of drug-likeness (QED) is 0.854. The maximum Gasteiger partial charge on any atom is 0.118 e. The highest BCUT2D eigenvalue weighted by Gasteiger charge is 2.21. The summed E-state index contributed by atoms with van der Waals surface area (Å²) in [6.07, 6.45) is 7.34. The second-order valence-electron chi connectivity index (χ2n) is 5.81. The number of likely N-dealkylation sites (tertiary alicyclic amines) is 1. The van der Waals surface area contributed by atoms with Gasteiger partial charge in [0.2, 0.25) is 0 Å². The van der Waals surface area contributed by atoms with Crippen molar-refractivity contribution in [1.82, 2.24) is 10.2 Å². The first-order chi connectivity index (χ1) is 9.33. The SMILES string of the molecule is COC1CCCN(Cc2cc(CNC3CC3)co2)C1. The van der Waals surface area contributed by atoms with Crippen molar-refractivity contribution in [3.8, 4) is 0 Å². The third-order valence-corrected chi connectivity index (χ3v) is 4.06. The monoisotopic (exact) mass is 264 g/mol. The number of hydrogen-bond donors (Lipinski definition) is 1. The van der Waals surface area contributed by atoms with Gasteiger partial charge in [0.05, 0.1) is 18.9 Å². The number of nitrogens with zero attached hydrogens (tertiary/aromatic N) is 1. The molecule has 2 aliphatic rings. The molecule has 1 aromatic heterocycles. The summed E-state index contributed by atoms with van der Waals surface area (Å²) in [4.78, 5) is 2.43. The molecule has 1 saturated heterocycles. The molecule has 1 aromatic rings. The third-order valence-electron chi connectivity index (χ3n) is 4.06. The fraction of sp³-hybridized carbons (Fsp3) is 0.733. The molecule has 3 rings (SSSR count). The summed E-state index contributed by atoms with van der Waals surface area (Å²) in [6.45, 7) is 4.02. The number of piperidine rings is 1. The molecular weight excluding hydrogens is 240 g/mol. The number of nitrogens with one attached hydrogen (secondary N) is 1. The Morgan fingerprint density at radius 2 is 2.32 bits per heavy atom. The van der Waals surface area contributed by atoms with Crippen molar-refractivity contribution >= 4 is 0 Å². The summed E-state index contributed by atoms with van der Waals surface area (Å²) in [6, 6.07) is 2.94. The molecule has 1 aliphatic heterocycles. The van der Waals surface area contributed by atoms with Crippen LogP contribution in [-0.2, 0) is 17.8 Å². The van der Waals surface area contributed by atoms with Crippen LogP contribution in [0.1, 0.15) is 37.0 Å². The van der Waals surface area contributed by atoms with Crippen LogP contribution in [0.2, 0.25) is 0 Å². The average Bonchev–Trinajstić information content (AvgIpc) is 3.17. The Balaban J connectivity index is 1.48. The van der Waals surface area contributed by atoms with E-state index in [0.29, 0.717) is 6.10 Å². The van der Waals surface area contributed by atoms with Crippen LogP contribution in [0, 0.1) is 0 Å². The first kappa shape index (κ1) is 13.2. The molecule has 4 heteroatoms. The van der Waals surface area contributed by atoms with Crippen LogP contribution in [0.25, 0.3) is 0 Å². The first-order valence-electron chi connectivity index (χ1n) is 7.38. The maximum absolute atomic E-state index is 5.67. The van der Waals surface area contributed by atoms with Gasteiger partial charge in [-0.15, -0.1) is 0 Å². The van der Waals surface area contributed by atoms with Gasteiger partial charge in [0.15, 0.2) is 0 Å². The lowest BCUT2D eigenvalue weighted by molar-refractivity contribution is 0.0263. The van der Waals surface area contributed by atoms with Gasteiger partial charge in [0, 0.05) is 31.8 Å². The molecule has 2 heterocycles. The zero-order valence-electron chi connectivity index (χ0n) is 11.7. The normalized spacial score (nSPS) is 24.8. The second kappa shape index (κ2) is 6.07. The van der Waals surface area contributed by atoms with Gasteiger partial charge in [-0.25, -0.2) is 0 Å². The average molecular weight is 264 g/mol. The van der Waals surface area contributed by atoms with Crippen LogP contribution in [0.15, 0.2) is 16.7 Å². The molecule has 1 saturated carbocycles. The van der Waals surface area contributed by atoms with Gasteiger partial charge in [-0.3, -0.25) is 4.90 Å². The van der Waals surface area contributed by atoms with E-state index >= 15 is 0 Å². The highest BCUT2D eigenvalue weighted by Crippen LogP contribution is 2.20. The third kappa shape index (κ3) is 3.81. The van der Waals surface area contributed by atoms with Crippen LogP contribution in [0.3, 0.4) is 0 Å². The number of ether oxygens (including phenoxy) is 1. The van der Waals surface area contributed by atoms with Crippen LogP contribution in [-0.4, -0.2) is 37.2 Å². The summed E-state index contributed by atoms with van der Waals surface area (Å²) < 4.78 is 11.1. The molecule has 0 spiro atoms. The van der Waals surface area contributed by atoms with E-state index in [-0.39, 0.29) is 0 Å². The molecular formula is C15H24N2O2. The Bertz CT molecular complexity index is 401. The van der Waals surface area contributed by atoms with Gasteiger partial charge >= 0.3 is 0 Å². The van der Waals surface area contributed by atoms with Crippen molar-refractivity contribution in [2.24, 2.45) is 0 Å². The molecule has 4 nitrogen and oxygen atoms in total. The summed E-state index contributed by atoms with van der Waals surface area (Å²) >= 11 is 0. The van der Waals surface area contributed by atoms with Gasteiger partial charge in [0.25, 0.3) is 0 Å². The summed E-state index contributed by atoms with van der Waals surface area (Å²) in [5, 5.41) is 3.51. The fourth-order valence-corrected chi connectivity index (χ4v) is 2.72. The van der Waals surface area contributed by atoms with E-state index in [0.717, 1.165) is 38.0 Å². The molecule has 1 unspecified atom stereocenters. The molecule has 1 aliphatic carbocycles.